The largest absolute Gasteiger partial charge is 0.409 e. The van der Waals surface area contributed by atoms with Gasteiger partial charge in [-0.1, -0.05) is 33.2 Å². The molecule has 2 rings (SSSR count). The molecule has 0 saturated heterocycles. The Hall–Kier alpha value is -2.08. The molecule has 1 amide bonds. The molecule has 0 aromatic heterocycles. The summed E-state index contributed by atoms with van der Waals surface area (Å²) in [5.74, 6) is -0.311. The second kappa shape index (κ2) is 5.71. The van der Waals surface area contributed by atoms with Crippen LogP contribution in [0, 0.1) is 0 Å². The summed E-state index contributed by atoms with van der Waals surface area (Å²) in [6.07, 6.45) is 0. The van der Waals surface area contributed by atoms with E-state index in [0.29, 0.717) is 5.56 Å². The third-order valence-electron chi connectivity index (χ3n) is 2.62. The van der Waals surface area contributed by atoms with Gasteiger partial charge in [0.05, 0.1) is 6.54 Å². The van der Waals surface area contributed by atoms with Gasteiger partial charge in [-0.2, -0.15) is 0 Å². The summed E-state index contributed by atoms with van der Waals surface area (Å²) < 4.78 is 0.990. The molecular formula is C13H12BrN3O2. The summed E-state index contributed by atoms with van der Waals surface area (Å²) in [5.41, 5.74) is 5.81. The first-order valence-electron chi connectivity index (χ1n) is 5.54. The zero-order valence-electron chi connectivity index (χ0n) is 9.93. The highest BCUT2D eigenvalue weighted by molar-refractivity contribution is 9.10. The van der Waals surface area contributed by atoms with Gasteiger partial charge in [0.1, 0.15) is 0 Å². The maximum Gasteiger partial charge on any atom is 0.251 e. The lowest BCUT2D eigenvalue weighted by Crippen LogP contribution is -2.33. The highest BCUT2D eigenvalue weighted by Crippen LogP contribution is 2.20. The fourth-order valence-electron chi connectivity index (χ4n) is 1.67. The molecule has 0 aliphatic rings. The lowest BCUT2D eigenvalue weighted by molar-refractivity contribution is 0.0959. The molecule has 0 saturated carbocycles. The summed E-state index contributed by atoms with van der Waals surface area (Å²) in [7, 11) is 0. The number of fused-ring (bicyclic) bond motifs is 1. The van der Waals surface area contributed by atoms with E-state index in [4.69, 9.17) is 10.9 Å². The number of benzene rings is 2. The topological polar surface area (TPSA) is 87.7 Å². The van der Waals surface area contributed by atoms with Gasteiger partial charge in [-0.15, -0.1) is 0 Å². The molecule has 0 bridgehead atoms. The Morgan fingerprint density at radius 2 is 1.95 bits per heavy atom. The molecule has 0 fully saturated rings. The summed E-state index contributed by atoms with van der Waals surface area (Å²) in [4.78, 5) is 11.9. The summed E-state index contributed by atoms with van der Waals surface area (Å²) in [5, 5.41) is 15.8. The van der Waals surface area contributed by atoms with Crippen molar-refractivity contribution in [2.45, 2.75) is 0 Å². The maximum atomic E-state index is 11.9. The van der Waals surface area contributed by atoms with Crippen LogP contribution in [0.15, 0.2) is 46.0 Å². The normalized spacial score (nSPS) is 11.5. The van der Waals surface area contributed by atoms with Crippen molar-refractivity contribution in [3.8, 4) is 0 Å². The van der Waals surface area contributed by atoms with Gasteiger partial charge in [0, 0.05) is 10.0 Å². The maximum absolute atomic E-state index is 11.9. The standard InChI is InChI=1S/C13H12BrN3O2/c14-11-4-3-8-5-10(2-1-9(8)6-11)13(18)16-7-12(15)17-19/h1-6,19H,7H2,(H2,15,17)(H,16,18). The van der Waals surface area contributed by atoms with Gasteiger partial charge in [0.15, 0.2) is 5.84 Å². The minimum atomic E-state index is -0.267. The van der Waals surface area contributed by atoms with Gasteiger partial charge < -0.3 is 16.3 Å². The van der Waals surface area contributed by atoms with Crippen LogP contribution in [-0.4, -0.2) is 23.5 Å². The van der Waals surface area contributed by atoms with Crippen molar-refractivity contribution < 1.29 is 10.0 Å². The van der Waals surface area contributed by atoms with Crippen molar-refractivity contribution in [1.82, 2.24) is 5.32 Å². The van der Waals surface area contributed by atoms with Crippen LogP contribution in [0.25, 0.3) is 10.8 Å². The Morgan fingerprint density at radius 1 is 1.26 bits per heavy atom. The second-order valence-corrected chi connectivity index (χ2v) is 4.90. The van der Waals surface area contributed by atoms with E-state index in [1.807, 2.05) is 24.3 Å². The molecule has 6 heteroatoms. The van der Waals surface area contributed by atoms with E-state index in [1.54, 1.807) is 12.1 Å². The molecule has 0 aliphatic heterocycles. The van der Waals surface area contributed by atoms with Crippen molar-refractivity contribution in [2.24, 2.45) is 10.9 Å². The molecule has 0 aliphatic carbocycles. The summed E-state index contributed by atoms with van der Waals surface area (Å²) in [6.45, 7) is 0.00765. The first-order chi connectivity index (χ1) is 9.10. The molecule has 0 radical (unpaired) electrons. The molecule has 2 aromatic carbocycles. The van der Waals surface area contributed by atoms with Gasteiger partial charge in [-0.05, 0) is 35.0 Å². The number of hydrogen-bond acceptors (Lipinski definition) is 3. The molecule has 0 heterocycles. The smallest absolute Gasteiger partial charge is 0.251 e. The van der Waals surface area contributed by atoms with Crippen molar-refractivity contribution >= 4 is 38.4 Å². The van der Waals surface area contributed by atoms with Crippen LogP contribution in [0.4, 0.5) is 0 Å². The minimum absolute atomic E-state index is 0.00765. The van der Waals surface area contributed by atoms with Crippen molar-refractivity contribution in [3.63, 3.8) is 0 Å². The third kappa shape index (κ3) is 3.23. The van der Waals surface area contributed by atoms with Crippen LogP contribution in [-0.2, 0) is 0 Å². The average molecular weight is 322 g/mol. The molecule has 4 N–H and O–H groups in total. The van der Waals surface area contributed by atoms with E-state index < -0.39 is 0 Å². The zero-order valence-corrected chi connectivity index (χ0v) is 11.5. The minimum Gasteiger partial charge on any atom is -0.409 e. The number of nitrogens with one attached hydrogen (secondary N) is 1. The van der Waals surface area contributed by atoms with Gasteiger partial charge >= 0.3 is 0 Å². The molecular weight excluding hydrogens is 310 g/mol. The van der Waals surface area contributed by atoms with Crippen LogP contribution in [0.3, 0.4) is 0 Å². The van der Waals surface area contributed by atoms with Crippen molar-refractivity contribution in [3.05, 3.63) is 46.4 Å². The molecule has 5 nitrogen and oxygen atoms in total. The van der Waals surface area contributed by atoms with E-state index in [9.17, 15) is 4.79 Å². The Kier molecular flexibility index (Phi) is 4.01. The number of nitrogens with two attached hydrogens (primary N) is 1. The Balaban J connectivity index is 2.21. The fraction of sp³-hybridized carbons (Fsp3) is 0.0769. The molecule has 98 valence electrons. The van der Waals surface area contributed by atoms with E-state index >= 15 is 0 Å². The molecule has 0 atom stereocenters. The van der Waals surface area contributed by atoms with Crippen molar-refractivity contribution in [1.29, 1.82) is 0 Å². The van der Waals surface area contributed by atoms with Gasteiger partial charge in [0.25, 0.3) is 5.91 Å². The van der Waals surface area contributed by atoms with Crippen LogP contribution < -0.4 is 11.1 Å². The predicted octanol–water partition coefficient (Wildman–Crippen LogP) is 2.08. The molecule has 2 aromatic rings. The van der Waals surface area contributed by atoms with Crippen LogP contribution >= 0.6 is 15.9 Å². The molecule has 0 unspecified atom stereocenters. The van der Waals surface area contributed by atoms with Gasteiger partial charge in [-0.25, -0.2) is 0 Å². The van der Waals surface area contributed by atoms with E-state index in [2.05, 4.69) is 26.4 Å². The number of rotatable bonds is 3. The van der Waals surface area contributed by atoms with Gasteiger partial charge in [0.2, 0.25) is 0 Å². The number of nitrogens with zero attached hydrogens (tertiary/aromatic N) is 1. The van der Waals surface area contributed by atoms with E-state index in [-0.39, 0.29) is 18.3 Å². The lowest BCUT2D eigenvalue weighted by Gasteiger charge is -2.05. The Labute approximate surface area is 118 Å². The lowest BCUT2D eigenvalue weighted by atomic mass is 10.1. The van der Waals surface area contributed by atoms with Crippen LogP contribution in [0.1, 0.15) is 10.4 Å². The quantitative estimate of drug-likeness (QED) is 0.350. The predicted molar refractivity (Wildman–Crippen MR) is 77.4 cm³/mol. The number of halogens is 1. The summed E-state index contributed by atoms with van der Waals surface area (Å²) in [6, 6.07) is 11.2. The third-order valence-corrected chi connectivity index (χ3v) is 3.12. The SMILES string of the molecule is N/C(CNC(=O)c1ccc2cc(Br)ccc2c1)=N/O. The number of amidine groups is 1. The molecule has 0 spiro atoms. The first-order valence-corrected chi connectivity index (χ1v) is 6.33. The highest BCUT2D eigenvalue weighted by atomic mass is 79.9. The number of hydrogen-bond donors (Lipinski definition) is 3. The Bertz CT molecular complexity index is 655. The highest BCUT2D eigenvalue weighted by Gasteiger charge is 2.06. The fourth-order valence-corrected chi connectivity index (χ4v) is 2.04. The number of amides is 1. The Morgan fingerprint density at radius 3 is 2.68 bits per heavy atom. The summed E-state index contributed by atoms with van der Waals surface area (Å²) >= 11 is 3.40. The monoisotopic (exact) mass is 321 g/mol. The van der Waals surface area contributed by atoms with E-state index in [1.165, 1.54) is 0 Å². The van der Waals surface area contributed by atoms with Crippen LogP contribution in [0.5, 0.6) is 0 Å². The average Bonchev–Trinajstić information content (AvgIpc) is 2.43. The molecule has 19 heavy (non-hydrogen) atoms. The van der Waals surface area contributed by atoms with Crippen molar-refractivity contribution in [2.75, 3.05) is 6.54 Å². The number of oxime groups is 1. The zero-order chi connectivity index (χ0) is 13.8. The first kappa shape index (κ1) is 13.4. The van der Waals surface area contributed by atoms with Crippen LogP contribution in [0.2, 0.25) is 0 Å². The van der Waals surface area contributed by atoms with E-state index in [0.717, 1.165) is 15.2 Å². The van der Waals surface area contributed by atoms with Gasteiger partial charge in [-0.3, -0.25) is 4.79 Å². The number of carbonyl (C=O) groups excluding carboxylic acids is 1. The second-order valence-electron chi connectivity index (χ2n) is 3.98. The number of carbonyl (C=O) groups is 1.